The molecule has 1 aliphatic heterocycles. The average molecular weight is 394 g/mol. The minimum absolute atomic E-state index is 0.0717. The lowest BCUT2D eigenvalue weighted by molar-refractivity contribution is -0.123. The number of hydrogen-bond donors (Lipinski definition) is 3. The Balaban J connectivity index is 1.63. The number of amides is 1. The molecule has 0 radical (unpaired) electrons. The first-order chi connectivity index (χ1) is 13.1. The zero-order chi connectivity index (χ0) is 19.5. The van der Waals surface area contributed by atoms with Crippen LogP contribution in [0.4, 0.5) is 0 Å². The predicted octanol–water partition coefficient (Wildman–Crippen LogP) is 2.37. The van der Waals surface area contributed by atoms with E-state index in [-0.39, 0.29) is 11.8 Å². The van der Waals surface area contributed by atoms with Gasteiger partial charge in [0.1, 0.15) is 0 Å². The Morgan fingerprint density at radius 3 is 2.56 bits per heavy atom. The van der Waals surface area contributed by atoms with Crippen LogP contribution < -0.4 is 16.4 Å². The Kier molecular flexibility index (Phi) is 9.42. The topological polar surface area (TPSA) is 82.8 Å². The number of likely N-dealkylation sites (tertiary alicyclic amines) is 1. The maximum absolute atomic E-state index is 11.2. The molecule has 7 heteroatoms. The number of guanidine groups is 1. The zero-order valence-electron chi connectivity index (χ0n) is 16.2. The van der Waals surface area contributed by atoms with E-state index < -0.39 is 0 Å². The van der Waals surface area contributed by atoms with Crippen LogP contribution in [0.1, 0.15) is 38.2 Å². The number of piperidine rings is 1. The average Bonchev–Trinajstić information content (AvgIpc) is 2.67. The molecule has 27 heavy (non-hydrogen) atoms. The summed E-state index contributed by atoms with van der Waals surface area (Å²) in [6.07, 6.45) is 4.01. The number of hydrogen-bond acceptors (Lipinski definition) is 3. The van der Waals surface area contributed by atoms with E-state index in [9.17, 15) is 4.79 Å². The standard InChI is InChI=1S/C20H32ClN5O/c1-2-23-20(25-15-16-5-7-18(21)8-6-16)24-11-3-4-12-26-13-9-17(10-14-26)19(22)27/h5-8,17H,2-4,9-15H2,1H3,(H2,22,27)(H2,23,24,25). The van der Waals surface area contributed by atoms with Gasteiger partial charge in [-0.3, -0.25) is 4.79 Å². The minimum Gasteiger partial charge on any atom is -0.369 e. The summed E-state index contributed by atoms with van der Waals surface area (Å²) in [5.74, 6) is 0.768. The molecule has 1 aromatic rings. The van der Waals surface area contributed by atoms with Crippen molar-refractivity contribution < 1.29 is 4.79 Å². The van der Waals surface area contributed by atoms with Gasteiger partial charge in [-0.1, -0.05) is 23.7 Å². The molecule has 0 bridgehead atoms. The maximum Gasteiger partial charge on any atom is 0.220 e. The van der Waals surface area contributed by atoms with Crippen LogP contribution in [0.25, 0.3) is 0 Å². The van der Waals surface area contributed by atoms with Gasteiger partial charge < -0.3 is 21.3 Å². The number of nitrogens with two attached hydrogens (primary N) is 1. The van der Waals surface area contributed by atoms with E-state index in [1.807, 2.05) is 24.3 Å². The Hall–Kier alpha value is -1.79. The van der Waals surface area contributed by atoms with Gasteiger partial charge in [0.15, 0.2) is 5.96 Å². The summed E-state index contributed by atoms with van der Waals surface area (Å²) in [4.78, 5) is 18.3. The summed E-state index contributed by atoms with van der Waals surface area (Å²) < 4.78 is 0. The number of benzene rings is 1. The Labute approximate surface area is 167 Å². The third-order valence-corrected chi connectivity index (χ3v) is 5.11. The largest absolute Gasteiger partial charge is 0.369 e. The fraction of sp³-hybridized carbons (Fsp3) is 0.600. The Morgan fingerprint density at radius 1 is 1.22 bits per heavy atom. The third-order valence-electron chi connectivity index (χ3n) is 4.86. The number of aliphatic imine (C=N–C) groups is 1. The van der Waals surface area contributed by atoms with Crippen LogP contribution in [0, 0.1) is 5.92 Å². The first-order valence-electron chi connectivity index (χ1n) is 9.86. The van der Waals surface area contributed by atoms with Crippen molar-refractivity contribution in [3.8, 4) is 0 Å². The molecule has 1 saturated heterocycles. The van der Waals surface area contributed by atoms with Crippen molar-refractivity contribution in [1.29, 1.82) is 0 Å². The molecule has 1 aromatic carbocycles. The lowest BCUT2D eigenvalue weighted by Gasteiger charge is -2.30. The lowest BCUT2D eigenvalue weighted by atomic mass is 9.96. The molecule has 6 nitrogen and oxygen atoms in total. The number of primary amides is 1. The summed E-state index contributed by atoms with van der Waals surface area (Å²) >= 11 is 5.91. The van der Waals surface area contributed by atoms with Gasteiger partial charge in [0.05, 0.1) is 6.54 Å². The van der Waals surface area contributed by atoms with Gasteiger partial charge in [0, 0.05) is 24.0 Å². The highest BCUT2D eigenvalue weighted by Crippen LogP contribution is 2.16. The van der Waals surface area contributed by atoms with E-state index in [2.05, 4.69) is 27.4 Å². The number of nitrogens with one attached hydrogen (secondary N) is 2. The molecule has 0 spiro atoms. The van der Waals surface area contributed by atoms with Crippen molar-refractivity contribution in [3.63, 3.8) is 0 Å². The number of carbonyl (C=O) groups is 1. The molecule has 1 heterocycles. The minimum atomic E-state index is -0.146. The molecule has 0 aliphatic carbocycles. The molecule has 0 unspecified atom stereocenters. The van der Waals surface area contributed by atoms with Crippen LogP contribution >= 0.6 is 11.6 Å². The summed E-state index contributed by atoms with van der Waals surface area (Å²) in [5, 5.41) is 7.42. The van der Waals surface area contributed by atoms with E-state index in [1.54, 1.807) is 0 Å². The summed E-state index contributed by atoms with van der Waals surface area (Å²) in [5.41, 5.74) is 6.52. The Bertz CT molecular complexity index is 597. The fourth-order valence-corrected chi connectivity index (χ4v) is 3.34. The number of halogens is 1. The van der Waals surface area contributed by atoms with E-state index in [1.165, 1.54) is 0 Å². The molecule has 1 amide bonds. The second-order valence-electron chi connectivity index (χ2n) is 6.97. The van der Waals surface area contributed by atoms with Gasteiger partial charge in [0.2, 0.25) is 5.91 Å². The van der Waals surface area contributed by atoms with Crippen LogP contribution in [0.5, 0.6) is 0 Å². The number of rotatable bonds is 9. The van der Waals surface area contributed by atoms with Gasteiger partial charge in [0.25, 0.3) is 0 Å². The van der Waals surface area contributed by atoms with E-state index in [0.717, 1.165) is 75.0 Å². The van der Waals surface area contributed by atoms with Crippen LogP contribution in [-0.4, -0.2) is 49.5 Å². The number of carbonyl (C=O) groups excluding carboxylic acids is 1. The highest BCUT2D eigenvalue weighted by molar-refractivity contribution is 6.30. The zero-order valence-corrected chi connectivity index (χ0v) is 17.0. The third kappa shape index (κ3) is 8.18. The van der Waals surface area contributed by atoms with Gasteiger partial charge in [-0.25, -0.2) is 4.99 Å². The number of unbranched alkanes of at least 4 members (excludes halogenated alkanes) is 1. The van der Waals surface area contributed by atoms with Crippen molar-refractivity contribution in [1.82, 2.24) is 15.5 Å². The molecular formula is C20H32ClN5O. The lowest BCUT2D eigenvalue weighted by Crippen LogP contribution is -2.39. The fourth-order valence-electron chi connectivity index (χ4n) is 3.21. The van der Waals surface area contributed by atoms with Crippen molar-refractivity contribution in [3.05, 3.63) is 34.9 Å². The quantitative estimate of drug-likeness (QED) is 0.341. The van der Waals surface area contributed by atoms with Crippen LogP contribution in [0.15, 0.2) is 29.3 Å². The highest BCUT2D eigenvalue weighted by Gasteiger charge is 2.22. The monoisotopic (exact) mass is 393 g/mol. The molecule has 150 valence electrons. The SMILES string of the molecule is CCNC(=NCc1ccc(Cl)cc1)NCCCCN1CCC(C(N)=O)CC1. The van der Waals surface area contributed by atoms with E-state index in [4.69, 9.17) is 17.3 Å². The molecule has 1 aliphatic rings. The van der Waals surface area contributed by atoms with Gasteiger partial charge in [-0.15, -0.1) is 0 Å². The van der Waals surface area contributed by atoms with E-state index >= 15 is 0 Å². The van der Waals surface area contributed by atoms with Gasteiger partial charge >= 0.3 is 0 Å². The van der Waals surface area contributed by atoms with Crippen molar-refractivity contribution in [2.24, 2.45) is 16.6 Å². The predicted molar refractivity (Wildman–Crippen MR) is 112 cm³/mol. The molecule has 1 fully saturated rings. The smallest absolute Gasteiger partial charge is 0.220 e. The first kappa shape index (κ1) is 21.5. The summed E-state index contributed by atoms with van der Waals surface area (Å²) in [7, 11) is 0. The molecule has 0 saturated carbocycles. The molecule has 2 rings (SSSR count). The second-order valence-corrected chi connectivity index (χ2v) is 7.41. The van der Waals surface area contributed by atoms with E-state index in [0.29, 0.717) is 6.54 Å². The first-order valence-corrected chi connectivity index (χ1v) is 10.2. The second kappa shape index (κ2) is 11.8. The normalized spacial score (nSPS) is 16.3. The number of nitrogens with zero attached hydrogens (tertiary/aromatic N) is 2. The molecular weight excluding hydrogens is 362 g/mol. The highest BCUT2D eigenvalue weighted by atomic mass is 35.5. The summed E-state index contributed by atoms with van der Waals surface area (Å²) in [6, 6.07) is 7.77. The Morgan fingerprint density at radius 2 is 1.93 bits per heavy atom. The van der Waals surface area contributed by atoms with Crippen LogP contribution in [-0.2, 0) is 11.3 Å². The van der Waals surface area contributed by atoms with Crippen LogP contribution in [0.2, 0.25) is 5.02 Å². The molecule has 0 atom stereocenters. The van der Waals surface area contributed by atoms with Crippen LogP contribution in [0.3, 0.4) is 0 Å². The van der Waals surface area contributed by atoms with Gasteiger partial charge in [-0.2, -0.15) is 0 Å². The maximum atomic E-state index is 11.2. The molecule has 4 N–H and O–H groups in total. The van der Waals surface area contributed by atoms with Crippen molar-refractivity contribution in [2.45, 2.75) is 39.2 Å². The van der Waals surface area contributed by atoms with Crippen molar-refractivity contribution >= 4 is 23.5 Å². The summed E-state index contributed by atoms with van der Waals surface area (Å²) in [6.45, 7) is 7.45. The van der Waals surface area contributed by atoms with Crippen molar-refractivity contribution in [2.75, 3.05) is 32.7 Å². The molecule has 0 aromatic heterocycles. The van der Waals surface area contributed by atoms with Gasteiger partial charge in [-0.05, 0) is 69.9 Å².